The maximum atomic E-state index is 14.4. The van der Waals surface area contributed by atoms with Crippen LogP contribution in [0, 0.1) is 11.7 Å². The summed E-state index contributed by atoms with van der Waals surface area (Å²) in [5.74, 6) is 0.642. The lowest BCUT2D eigenvalue weighted by Crippen LogP contribution is -2.49. The second-order valence-corrected chi connectivity index (χ2v) is 7.40. The molecule has 140 valence electrons. The standard InChI is InChI=1S/C20H29FN2O.ClH/c1-22-13-8-16-9-14-23(15-10-16)19(24)20(11-4-5-12-20)17-6-2-3-7-18(17)21;/h2-3,6-7,16,22H,4-5,8-15H2,1H3;1H. The second-order valence-electron chi connectivity index (χ2n) is 7.40. The molecule has 25 heavy (non-hydrogen) atoms. The Hall–Kier alpha value is -1.13. The molecule has 1 heterocycles. The van der Waals surface area contributed by atoms with Crippen LogP contribution < -0.4 is 5.32 Å². The highest BCUT2D eigenvalue weighted by Gasteiger charge is 2.46. The number of carbonyl (C=O) groups excluding carboxylic acids is 1. The first-order valence-electron chi connectivity index (χ1n) is 9.36. The molecular weight excluding hydrogens is 339 g/mol. The molecule has 0 spiro atoms. The highest BCUT2D eigenvalue weighted by molar-refractivity contribution is 5.88. The summed E-state index contributed by atoms with van der Waals surface area (Å²) in [6.07, 6.45) is 6.91. The van der Waals surface area contributed by atoms with Crippen molar-refractivity contribution in [2.45, 2.75) is 50.4 Å². The van der Waals surface area contributed by atoms with Crippen LogP contribution >= 0.6 is 12.4 Å². The molecule has 2 aliphatic rings. The molecule has 1 amide bonds. The van der Waals surface area contributed by atoms with Gasteiger partial charge in [0.05, 0.1) is 5.41 Å². The van der Waals surface area contributed by atoms with E-state index in [-0.39, 0.29) is 24.1 Å². The van der Waals surface area contributed by atoms with E-state index in [0.29, 0.717) is 11.5 Å². The first kappa shape index (κ1) is 20.2. The number of carbonyl (C=O) groups is 1. The number of halogens is 2. The lowest BCUT2D eigenvalue weighted by molar-refractivity contribution is -0.139. The van der Waals surface area contributed by atoms with Crippen LogP contribution in [-0.2, 0) is 10.2 Å². The first-order valence-corrected chi connectivity index (χ1v) is 9.36. The van der Waals surface area contributed by atoms with Crippen LogP contribution in [0.3, 0.4) is 0 Å². The number of benzene rings is 1. The fraction of sp³-hybridized carbons (Fsp3) is 0.650. The maximum Gasteiger partial charge on any atom is 0.233 e. The van der Waals surface area contributed by atoms with Gasteiger partial charge in [0, 0.05) is 18.7 Å². The van der Waals surface area contributed by atoms with Crippen molar-refractivity contribution in [2.75, 3.05) is 26.7 Å². The molecule has 1 aromatic carbocycles. The first-order chi connectivity index (χ1) is 11.7. The fourth-order valence-corrected chi connectivity index (χ4v) is 4.50. The van der Waals surface area contributed by atoms with Gasteiger partial charge in [-0.1, -0.05) is 31.0 Å². The van der Waals surface area contributed by atoms with Crippen molar-refractivity contribution in [3.63, 3.8) is 0 Å². The number of rotatable bonds is 5. The summed E-state index contributed by atoms with van der Waals surface area (Å²) in [5, 5.41) is 3.21. The smallest absolute Gasteiger partial charge is 0.233 e. The van der Waals surface area contributed by atoms with Crippen LogP contribution in [0.25, 0.3) is 0 Å². The van der Waals surface area contributed by atoms with Crippen molar-refractivity contribution in [1.29, 1.82) is 0 Å². The number of nitrogens with one attached hydrogen (secondary N) is 1. The number of hydrogen-bond donors (Lipinski definition) is 1. The van der Waals surface area contributed by atoms with E-state index in [1.165, 1.54) is 12.5 Å². The molecule has 5 heteroatoms. The van der Waals surface area contributed by atoms with E-state index in [0.717, 1.165) is 58.2 Å². The molecule has 2 fully saturated rings. The quantitative estimate of drug-likeness (QED) is 0.854. The van der Waals surface area contributed by atoms with Gasteiger partial charge in [0.25, 0.3) is 0 Å². The lowest BCUT2D eigenvalue weighted by Gasteiger charge is -2.39. The Kier molecular flexibility index (Phi) is 7.26. The number of nitrogens with zero attached hydrogens (tertiary/aromatic N) is 1. The largest absolute Gasteiger partial charge is 0.342 e. The number of piperidine rings is 1. The van der Waals surface area contributed by atoms with E-state index in [1.54, 1.807) is 6.07 Å². The van der Waals surface area contributed by atoms with E-state index < -0.39 is 5.41 Å². The Morgan fingerprint density at radius 2 is 1.88 bits per heavy atom. The van der Waals surface area contributed by atoms with Gasteiger partial charge in [0.2, 0.25) is 5.91 Å². The summed E-state index contributed by atoms with van der Waals surface area (Å²) in [6.45, 7) is 2.69. The van der Waals surface area contributed by atoms with Gasteiger partial charge < -0.3 is 10.2 Å². The molecule has 1 aromatic rings. The Morgan fingerprint density at radius 3 is 2.48 bits per heavy atom. The minimum atomic E-state index is -0.622. The Balaban J connectivity index is 0.00000225. The minimum absolute atomic E-state index is 0. The Bertz CT molecular complexity index is 567. The van der Waals surface area contributed by atoms with Crippen molar-refractivity contribution >= 4 is 18.3 Å². The average Bonchev–Trinajstić information content (AvgIpc) is 3.11. The molecule has 0 bridgehead atoms. The zero-order valence-electron chi connectivity index (χ0n) is 15.1. The fourth-order valence-electron chi connectivity index (χ4n) is 4.50. The monoisotopic (exact) mass is 368 g/mol. The lowest BCUT2D eigenvalue weighted by atomic mass is 9.76. The SMILES string of the molecule is CNCCC1CCN(C(=O)C2(c3ccccc3F)CCCC2)CC1.Cl. The van der Waals surface area contributed by atoms with Crippen LogP contribution in [0.15, 0.2) is 24.3 Å². The van der Waals surface area contributed by atoms with Gasteiger partial charge in [-0.05, 0) is 57.7 Å². The average molecular weight is 369 g/mol. The molecule has 0 radical (unpaired) electrons. The van der Waals surface area contributed by atoms with E-state index in [1.807, 2.05) is 24.1 Å². The van der Waals surface area contributed by atoms with Crippen molar-refractivity contribution < 1.29 is 9.18 Å². The Morgan fingerprint density at radius 1 is 1.24 bits per heavy atom. The molecule has 3 rings (SSSR count). The van der Waals surface area contributed by atoms with E-state index in [2.05, 4.69) is 5.32 Å². The van der Waals surface area contributed by atoms with Crippen molar-refractivity contribution in [2.24, 2.45) is 5.92 Å². The van der Waals surface area contributed by atoms with Gasteiger partial charge in [-0.25, -0.2) is 4.39 Å². The topological polar surface area (TPSA) is 32.3 Å². The van der Waals surface area contributed by atoms with E-state index in [4.69, 9.17) is 0 Å². The molecule has 1 aliphatic carbocycles. The predicted octanol–water partition coefficient (Wildman–Crippen LogP) is 3.91. The summed E-state index contributed by atoms with van der Waals surface area (Å²) >= 11 is 0. The van der Waals surface area contributed by atoms with Gasteiger partial charge in [-0.3, -0.25) is 4.79 Å². The van der Waals surface area contributed by atoms with Crippen molar-refractivity contribution in [1.82, 2.24) is 10.2 Å². The van der Waals surface area contributed by atoms with Crippen molar-refractivity contribution in [3.05, 3.63) is 35.6 Å². The third kappa shape index (κ3) is 4.17. The zero-order valence-corrected chi connectivity index (χ0v) is 15.9. The molecular formula is C20H30ClFN2O. The third-order valence-corrected chi connectivity index (χ3v) is 5.96. The molecule has 0 atom stereocenters. The number of amides is 1. The van der Waals surface area contributed by atoms with E-state index in [9.17, 15) is 9.18 Å². The molecule has 3 nitrogen and oxygen atoms in total. The summed E-state index contributed by atoms with van der Waals surface area (Å²) < 4.78 is 14.4. The molecule has 0 unspecified atom stereocenters. The van der Waals surface area contributed by atoms with Crippen LogP contribution in [-0.4, -0.2) is 37.5 Å². The minimum Gasteiger partial charge on any atom is -0.342 e. The molecule has 1 saturated heterocycles. The van der Waals surface area contributed by atoms with Crippen molar-refractivity contribution in [3.8, 4) is 0 Å². The number of hydrogen-bond acceptors (Lipinski definition) is 2. The predicted molar refractivity (Wildman–Crippen MR) is 102 cm³/mol. The second kappa shape index (κ2) is 9.00. The number of likely N-dealkylation sites (tertiary alicyclic amines) is 1. The van der Waals surface area contributed by atoms with Crippen LogP contribution in [0.1, 0.15) is 50.5 Å². The van der Waals surface area contributed by atoms with Gasteiger partial charge in [-0.2, -0.15) is 0 Å². The van der Waals surface area contributed by atoms with Gasteiger partial charge in [-0.15, -0.1) is 12.4 Å². The van der Waals surface area contributed by atoms with Gasteiger partial charge >= 0.3 is 0 Å². The molecule has 1 N–H and O–H groups in total. The summed E-state index contributed by atoms with van der Waals surface area (Å²) in [6, 6.07) is 6.87. The Labute approximate surface area is 156 Å². The van der Waals surface area contributed by atoms with Crippen LogP contribution in [0.2, 0.25) is 0 Å². The zero-order chi connectivity index (χ0) is 17.0. The van der Waals surface area contributed by atoms with Crippen LogP contribution in [0.5, 0.6) is 0 Å². The van der Waals surface area contributed by atoms with Gasteiger partial charge in [0.1, 0.15) is 5.82 Å². The summed E-state index contributed by atoms with van der Waals surface area (Å²) in [7, 11) is 1.98. The maximum absolute atomic E-state index is 14.4. The van der Waals surface area contributed by atoms with Gasteiger partial charge in [0.15, 0.2) is 0 Å². The normalized spacial score (nSPS) is 20.3. The summed E-state index contributed by atoms with van der Waals surface area (Å²) in [4.78, 5) is 15.4. The highest BCUT2D eigenvalue weighted by Crippen LogP contribution is 2.44. The molecule has 1 aliphatic heterocycles. The molecule has 0 aromatic heterocycles. The van der Waals surface area contributed by atoms with Crippen LogP contribution in [0.4, 0.5) is 4.39 Å². The molecule has 1 saturated carbocycles. The summed E-state index contributed by atoms with van der Waals surface area (Å²) in [5.41, 5.74) is -0.00631. The van der Waals surface area contributed by atoms with E-state index >= 15 is 0 Å². The third-order valence-electron chi connectivity index (χ3n) is 5.96. The highest BCUT2D eigenvalue weighted by atomic mass is 35.5.